The highest BCUT2D eigenvalue weighted by Gasteiger charge is 2.38. The summed E-state index contributed by atoms with van der Waals surface area (Å²) in [7, 11) is 0. The van der Waals surface area contributed by atoms with Crippen molar-refractivity contribution in [1.82, 2.24) is 9.80 Å². The monoisotopic (exact) mass is 348 g/mol. The number of unbranched alkanes of at least 4 members (excludes halogenated alkanes) is 1. The van der Waals surface area contributed by atoms with Crippen LogP contribution in [0.15, 0.2) is 36.9 Å². The molecule has 1 heterocycles. The lowest BCUT2D eigenvalue weighted by Gasteiger charge is -2.40. The minimum absolute atomic E-state index is 0.227. The average Bonchev–Trinajstić information content (AvgIpc) is 2.58. The van der Waals surface area contributed by atoms with Gasteiger partial charge < -0.3 is 14.9 Å². The second-order valence-electron chi connectivity index (χ2n) is 5.88. The number of hydrogen-bond acceptors (Lipinski definition) is 3. The Balaban J connectivity index is 2.17. The van der Waals surface area contributed by atoms with Crippen LogP contribution in [0.25, 0.3) is 0 Å². The molecule has 7 heteroatoms. The highest BCUT2D eigenvalue weighted by Crippen LogP contribution is 2.19. The molecule has 25 heavy (non-hydrogen) atoms. The molecule has 0 saturated carbocycles. The summed E-state index contributed by atoms with van der Waals surface area (Å²) < 4.78 is 13.0. The first-order chi connectivity index (χ1) is 11.9. The zero-order valence-corrected chi connectivity index (χ0v) is 13.9. The number of allylic oxidation sites excluding steroid dienone is 1. The van der Waals surface area contributed by atoms with E-state index in [0.717, 1.165) is 25.0 Å². The van der Waals surface area contributed by atoms with Crippen molar-refractivity contribution in [3.63, 3.8) is 0 Å². The fourth-order valence-corrected chi connectivity index (χ4v) is 2.85. The number of rotatable bonds is 7. The number of hydrogen-bond donors (Lipinski definition) is 1. The summed E-state index contributed by atoms with van der Waals surface area (Å²) in [6.07, 6.45) is 2.80. The van der Waals surface area contributed by atoms with Gasteiger partial charge in [-0.3, -0.25) is 14.4 Å². The van der Waals surface area contributed by atoms with Crippen LogP contribution >= 0.6 is 0 Å². The van der Waals surface area contributed by atoms with Gasteiger partial charge >= 0.3 is 5.97 Å². The fourth-order valence-electron chi connectivity index (χ4n) is 2.85. The maximum atomic E-state index is 13.0. The molecule has 0 aliphatic carbocycles. The Morgan fingerprint density at radius 1 is 1.28 bits per heavy atom. The van der Waals surface area contributed by atoms with Gasteiger partial charge in [-0.2, -0.15) is 0 Å². The summed E-state index contributed by atoms with van der Waals surface area (Å²) >= 11 is 0. The Kier molecular flexibility index (Phi) is 6.27. The van der Waals surface area contributed by atoms with Gasteiger partial charge in [-0.25, -0.2) is 4.39 Å². The molecule has 1 aliphatic rings. The zero-order valence-electron chi connectivity index (χ0n) is 13.9. The van der Waals surface area contributed by atoms with Gasteiger partial charge in [0.2, 0.25) is 5.91 Å². The molecule has 0 spiro atoms. The van der Waals surface area contributed by atoms with Crippen molar-refractivity contribution >= 4 is 17.8 Å². The largest absolute Gasteiger partial charge is 0.481 e. The molecule has 1 atom stereocenters. The molecule has 1 aliphatic heterocycles. The third-order valence-electron chi connectivity index (χ3n) is 4.14. The van der Waals surface area contributed by atoms with Gasteiger partial charge in [0.25, 0.3) is 5.91 Å². The van der Waals surface area contributed by atoms with Crippen LogP contribution in [0, 0.1) is 5.82 Å². The van der Waals surface area contributed by atoms with Crippen molar-refractivity contribution in [1.29, 1.82) is 0 Å². The summed E-state index contributed by atoms with van der Waals surface area (Å²) in [6.45, 7) is 4.72. The van der Waals surface area contributed by atoms with Gasteiger partial charge in [-0.05, 0) is 37.1 Å². The standard InChI is InChI=1S/C18H21FN2O4/c1-2-3-4-9-20-10-11-21(15(18(20)25)12-16(22)23)17(24)13-5-7-14(19)8-6-13/h2,5-8,15H,1,3-4,9-12H2,(H,22,23). The van der Waals surface area contributed by atoms with Crippen LogP contribution in [-0.4, -0.2) is 58.4 Å². The van der Waals surface area contributed by atoms with E-state index in [1.165, 1.54) is 17.0 Å². The van der Waals surface area contributed by atoms with E-state index in [-0.39, 0.29) is 18.0 Å². The average molecular weight is 348 g/mol. The van der Waals surface area contributed by atoms with Crippen LogP contribution in [0.2, 0.25) is 0 Å². The van der Waals surface area contributed by atoms with E-state index < -0.39 is 30.2 Å². The SMILES string of the molecule is C=CCCCN1CCN(C(=O)c2ccc(F)cc2)C(CC(=O)O)C1=O. The summed E-state index contributed by atoms with van der Waals surface area (Å²) in [4.78, 5) is 39.3. The first-order valence-electron chi connectivity index (χ1n) is 8.12. The Labute approximate surface area is 145 Å². The van der Waals surface area contributed by atoms with Crippen molar-refractivity contribution in [2.24, 2.45) is 0 Å². The Morgan fingerprint density at radius 3 is 2.56 bits per heavy atom. The van der Waals surface area contributed by atoms with Crippen LogP contribution in [0.5, 0.6) is 0 Å². The second-order valence-corrected chi connectivity index (χ2v) is 5.88. The highest BCUT2D eigenvalue weighted by molar-refractivity contribution is 5.99. The number of carbonyl (C=O) groups is 3. The highest BCUT2D eigenvalue weighted by atomic mass is 19.1. The maximum Gasteiger partial charge on any atom is 0.305 e. The topological polar surface area (TPSA) is 77.9 Å². The van der Waals surface area contributed by atoms with Gasteiger partial charge in [-0.15, -0.1) is 6.58 Å². The molecule has 1 saturated heterocycles. The van der Waals surface area contributed by atoms with Crippen LogP contribution in [0.1, 0.15) is 29.6 Å². The summed E-state index contributed by atoms with van der Waals surface area (Å²) in [6, 6.07) is 3.93. The van der Waals surface area contributed by atoms with Crippen LogP contribution in [0.4, 0.5) is 4.39 Å². The normalized spacial score (nSPS) is 17.5. The Bertz CT molecular complexity index is 660. The van der Waals surface area contributed by atoms with E-state index in [1.807, 2.05) is 0 Å². The van der Waals surface area contributed by atoms with Crippen molar-refractivity contribution < 1.29 is 23.9 Å². The molecule has 1 unspecified atom stereocenters. The molecule has 2 rings (SSSR count). The van der Waals surface area contributed by atoms with Gasteiger partial charge in [0.1, 0.15) is 11.9 Å². The molecule has 0 radical (unpaired) electrons. The number of halogens is 1. The molecular formula is C18H21FN2O4. The van der Waals surface area contributed by atoms with Gasteiger partial charge in [0.05, 0.1) is 6.42 Å². The number of nitrogens with zero attached hydrogens (tertiary/aromatic N) is 2. The van der Waals surface area contributed by atoms with E-state index in [4.69, 9.17) is 5.11 Å². The number of aliphatic carboxylic acids is 1. The van der Waals surface area contributed by atoms with Crippen molar-refractivity contribution in [3.05, 3.63) is 48.3 Å². The lowest BCUT2D eigenvalue weighted by Crippen LogP contribution is -2.59. The fraction of sp³-hybridized carbons (Fsp3) is 0.389. The van der Waals surface area contributed by atoms with Crippen LogP contribution in [0.3, 0.4) is 0 Å². The minimum atomic E-state index is -1.15. The molecule has 0 bridgehead atoms. The number of carboxylic acid groups (broad SMARTS) is 1. The molecule has 6 nitrogen and oxygen atoms in total. The number of piperazine rings is 1. The van der Waals surface area contributed by atoms with Gasteiger partial charge in [0.15, 0.2) is 0 Å². The first kappa shape index (κ1) is 18.6. The van der Waals surface area contributed by atoms with Crippen molar-refractivity contribution in [2.75, 3.05) is 19.6 Å². The summed E-state index contributed by atoms with van der Waals surface area (Å²) in [5, 5.41) is 9.12. The number of carboxylic acids is 1. The van der Waals surface area contributed by atoms with E-state index in [0.29, 0.717) is 13.1 Å². The lowest BCUT2D eigenvalue weighted by atomic mass is 10.0. The molecule has 134 valence electrons. The summed E-state index contributed by atoms with van der Waals surface area (Å²) in [5.41, 5.74) is 0.227. The van der Waals surface area contributed by atoms with Gasteiger partial charge in [0, 0.05) is 25.2 Å². The lowest BCUT2D eigenvalue weighted by molar-refractivity contribution is -0.147. The van der Waals surface area contributed by atoms with Crippen LogP contribution < -0.4 is 0 Å². The van der Waals surface area contributed by atoms with Gasteiger partial charge in [-0.1, -0.05) is 6.08 Å². The third-order valence-corrected chi connectivity index (χ3v) is 4.14. The first-order valence-corrected chi connectivity index (χ1v) is 8.12. The van der Waals surface area contributed by atoms with E-state index >= 15 is 0 Å². The molecule has 1 N–H and O–H groups in total. The van der Waals surface area contributed by atoms with E-state index in [2.05, 4.69) is 6.58 Å². The van der Waals surface area contributed by atoms with E-state index in [9.17, 15) is 18.8 Å². The molecule has 1 fully saturated rings. The number of carbonyl (C=O) groups excluding carboxylic acids is 2. The number of benzene rings is 1. The Morgan fingerprint density at radius 2 is 1.96 bits per heavy atom. The molecular weight excluding hydrogens is 327 g/mol. The number of amides is 2. The van der Waals surface area contributed by atoms with E-state index in [1.54, 1.807) is 11.0 Å². The maximum absolute atomic E-state index is 13.0. The zero-order chi connectivity index (χ0) is 18.4. The second kappa shape index (κ2) is 8.41. The third kappa shape index (κ3) is 4.65. The van der Waals surface area contributed by atoms with Crippen molar-refractivity contribution in [3.8, 4) is 0 Å². The smallest absolute Gasteiger partial charge is 0.305 e. The van der Waals surface area contributed by atoms with Crippen LogP contribution in [-0.2, 0) is 9.59 Å². The predicted octanol–water partition coefficient (Wildman–Crippen LogP) is 1.92. The molecule has 1 aromatic carbocycles. The molecule has 1 aromatic rings. The Hall–Kier alpha value is -2.70. The summed E-state index contributed by atoms with van der Waals surface area (Å²) in [5.74, 6) is -2.46. The predicted molar refractivity (Wildman–Crippen MR) is 89.5 cm³/mol. The molecule has 2 amide bonds. The van der Waals surface area contributed by atoms with Crippen molar-refractivity contribution in [2.45, 2.75) is 25.3 Å². The quantitative estimate of drug-likeness (QED) is 0.603. The molecule has 0 aromatic heterocycles. The minimum Gasteiger partial charge on any atom is -0.481 e.